The summed E-state index contributed by atoms with van der Waals surface area (Å²) in [7, 11) is 0. The number of aryl methyl sites for hydroxylation is 1. The van der Waals surface area contributed by atoms with Gasteiger partial charge in [-0.25, -0.2) is 0 Å². The highest BCUT2D eigenvalue weighted by atomic mass is 16.3. The molecule has 0 fully saturated rings. The lowest BCUT2D eigenvalue weighted by Gasteiger charge is -2.21. The van der Waals surface area contributed by atoms with E-state index in [4.69, 9.17) is 0 Å². The second-order valence-electron chi connectivity index (χ2n) is 5.27. The van der Waals surface area contributed by atoms with Crippen LogP contribution in [0.25, 0.3) is 0 Å². The van der Waals surface area contributed by atoms with E-state index in [1.54, 1.807) is 32.0 Å². The molecule has 0 radical (unpaired) electrons. The first kappa shape index (κ1) is 13.5. The number of carbonyl (C=O) groups is 2. The Morgan fingerprint density at radius 1 is 0.952 bits per heavy atom. The number of phenols is 1. The van der Waals surface area contributed by atoms with E-state index in [1.807, 2.05) is 0 Å². The standard InChI is InChI=1S/C17H14O4/c1-8-5-12-13(6-14(8)19)17(21)15-9(2)10(7-18)3-4-11(15)16(12)20/h3-6,18-19H,7H2,1-2H3. The number of rotatable bonds is 1. The summed E-state index contributed by atoms with van der Waals surface area (Å²) in [6, 6.07) is 6.14. The lowest BCUT2D eigenvalue weighted by Crippen LogP contribution is -2.23. The zero-order valence-corrected chi connectivity index (χ0v) is 11.7. The Balaban J connectivity index is 2.33. The number of aromatic hydroxyl groups is 1. The molecule has 0 unspecified atom stereocenters. The monoisotopic (exact) mass is 282 g/mol. The molecule has 0 aromatic heterocycles. The van der Waals surface area contributed by atoms with Gasteiger partial charge >= 0.3 is 0 Å². The molecule has 106 valence electrons. The van der Waals surface area contributed by atoms with Gasteiger partial charge in [0, 0.05) is 22.3 Å². The van der Waals surface area contributed by atoms with Gasteiger partial charge in [-0.1, -0.05) is 6.07 Å². The van der Waals surface area contributed by atoms with Crippen molar-refractivity contribution in [2.45, 2.75) is 20.5 Å². The van der Waals surface area contributed by atoms with Crippen molar-refractivity contribution >= 4 is 11.6 Å². The summed E-state index contributed by atoms with van der Waals surface area (Å²) < 4.78 is 0. The summed E-state index contributed by atoms with van der Waals surface area (Å²) in [6.45, 7) is 3.21. The second-order valence-corrected chi connectivity index (χ2v) is 5.27. The van der Waals surface area contributed by atoms with E-state index >= 15 is 0 Å². The SMILES string of the molecule is Cc1cc2c(cc1O)C(=O)c1c(ccc(CO)c1C)C2=O. The number of hydrogen-bond donors (Lipinski definition) is 2. The maximum Gasteiger partial charge on any atom is 0.194 e. The van der Waals surface area contributed by atoms with Crippen LogP contribution >= 0.6 is 0 Å². The Labute approximate surface area is 121 Å². The van der Waals surface area contributed by atoms with Gasteiger partial charge in [-0.2, -0.15) is 0 Å². The summed E-state index contributed by atoms with van der Waals surface area (Å²) in [6.07, 6.45) is 0. The third-order valence-electron chi connectivity index (χ3n) is 4.04. The van der Waals surface area contributed by atoms with Gasteiger partial charge in [0.25, 0.3) is 0 Å². The fourth-order valence-corrected chi connectivity index (χ4v) is 2.76. The van der Waals surface area contributed by atoms with Crippen LogP contribution in [0, 0.1) is 13.8 Å². The average molecular weight is 282 g/mol. The number of fused-ring (bicyclic) bond motifs is 2. The number of carbonyl (C=O) groups excluding carboxylic acids is 2. The van der Waals surface area contributed by atoms with Crippen LogP contribution in [0.5, 0.6) is 5.75 Å². The fraction of sp³-hybridized carbons (Fsp3) is 0.176. The topological polar surface area (TPSA) is 74.6 Å². The number of phenolic OH excluding ortho intramolecular Hbond substituents is 1. The molecule has 3 rings (SSSR count). The van der Waals surface area contributed by atoms with E-state index in [9.17, 15) is 19.8 Å². The number of benzene rings is 2. The van der Waals surface area contributed by atoms with E-state index in [-0.39, 0.29) is 29.5 Å². The minimum Gasteiger partial charge on any atom is -0.508 e. The molecular weight excluding hydrogens is 268 g/mol. The summed E-state index contributed by atoms with van der Waals surface area (Å²) in [5.74, 6) is -0.521. The number of ketones is 2. The quantitative estimate of drug-likeness (QED) is 0.718. The first-order chi connectivity index (χ1) is 9.95. The summed E-state index contributed by atoms with van der Waals surface area (Å²) in [5.41, 5.74) is 3.00. The largest absolute Gasteiger partial charge is 0.508 e. The average Bonchev–Trinajstić information content (AvgIpc) is 2.46. The number of hydrogen-bond acceptors (Lipinski definition) is 4. The Morgan fingerprint density at radius 3 is 2.29 bits per heavy atom. The molecule has 2 aromatic rings. The van der Waals surface area contributed by atoms with Gasteiger partial charge in [-0.05, 0) is 48.7 Å². The molecule has 2 N–H and O–H groups in total. The third kappa shape index (κ3) is 1.80. The third-order valence-corrected chi connectivity index (χ3v) is 4.04. The van der Waals surface area contributed by atoms with Gasteiger partial charge in [0.05, 0.1) is 6.61 Å². The fourth-order valence-electron chi connectivity index (χ4n) is 2.76. The van der Waals surface area contributed by atoms with E-state index in [1.165, 1.54) is 6.07 Å². The van der Waals surface area contributed by atoms with Crippen LogP contribution in [-0.2, 0) is 6.61 Å². The van der Waals surface area contributed by atoms with Crippen molar-refractivity contribution in [3.8, 4) is 5.75 Å². The highest BCUT2D eigenvalue weighted by Gasteiger charge is 2.32. The van der Waals surface area contributed by atoms with E-state index < -0.39 is 0 Å². The Bertz CT molecular complexity index is 803. The molecule has 4 heteroatoms. The van der Waals surface area contributed by atoms with Crippen LogP contribution in [0.2, 0.25) is 0 Å². The molecule has 0 saturated carbocycles. The first-order valence-corrected chi connectivity index (χ1v) is 6.62. The summed E-state index contributed by atoms with van der Waals surface area (Å²) in [5, 5.41) is 19.1. The highest BCUT2D eigenvalue weighted by molar-refractivity contribution is 6.29. The Morgan fingerprint density at radius 2 is 1.62 bits per heavy atom. The van der Waals surface area contributed by atoms with Crippen LogP contribution in [-0.4, -0.2) is 21.8 Å². The predicted molar refractivity (Wildman–Crippen MR) is 76.8 cm³/mol. The zero-order chi connectivity index (χ0) is 15.3. The van der Waals surface area contributed by atoms with Crippen LogP contribution < -0.4 is 0 Å². The number of aliphatic hydroxyl groups excluding tert-OH is 1. The van der Waals surface area contributed by atoms with Crippen LogP contribution in [0.15, 0.2) is 24.3 Å². The normalized spacial score (nSPS) is 13.1. The molecular formula is C17H14O4. The summed E-state index contributed by atoms with van der Waals surface area (Å²) >= 11 is 0. The van der Waals surface area contributed by atoms with Gasteiger partial charge in [0.2, 0.25) is 0 Å². The van der Waals surface area contributed by atoms with E-state index in [2.05, 4.69) is 0 Å². The van der Waals surface area contributed by atoms with E-state index in [0.29, 0.717) is 33.4 Å². The molecule has 1 aliphatic rings. The molecule has 21 heavy (non-hydrogen) atoms. The predicted octanol–water partition coefficient (Wildman–Crippen LogP) is 2.28. The zero-order valence-electron chi connectivity index (χ0n) is 11.7. The lowest BCUT2D eigenvalue weighted by molar-refractivity contribution is 0.0978. The van der Waals surface area contributed by atoms with Crippen LogP contribution in [0.1, 0.15) is 48.5 Å². The highest BCUT2D eigenvalue weighted by Crippen LogP contribution is 2.33. The van der Waals surface area contributed by atoms with Gasteiger partial charge in [0.15, 0.2) is 11.6 Å². The minimum absolute atomic E-state index is 0.00526. The van der Waals surface area contributed by atoms with Crippen molar-refractivity contribution < 1.29 is 19.8 Å². The van der Waals surface area contributed by atoms with E-state index in [0.717, 1.165) is 0 Å². The maximum absolute atomic E-state index is 12.7. The van der Waals surface area contributed by atoms with Crippen molar-refractivity contribution in [3.63, 3.8) is 0 Å². The number of aliphatic hydroxyl groups is 1. The van der Waals surface area contributed by atoms with Gasteiger partial charge < -0.3 is 10.2 Å². The van der Waals surface area contributed by atoms with Gasteiger partial charge in [0.1, 0.15) is 5.75 Å². The molecule has 0 atom stereocenters. The van der Waals surface area contributed by atoms with Crippen LogP contribution in [0.4, 0.5) is 0 Å². The molecule has 0 saturated heterocycles. The van der Waals surface area contributed by atoms with Crippen molar-refractivity contribution in [1.82, 2.24) is 0 Å². The molecule has 2 aromatic carbocycles. The second kappa shape index (κ2) is 4.53. The molecule has 0 amide bonds. The molecule has 1 aliphatic carbocycles. The molecule has 0 heterocycles. The smallest absolute Gasteiger partial charge is 0.194 e. The van der Waals surface area contributed by atoms with Gasteiger partial charge in [-0.15, -0.1) is 0 Å². The minimum atomic E-state index is -0.289. The van der Waals surface area contributed by atoms with Gasteiger partial charge in [-0.3, -0.25) is 9.59 Å². The van der Waals surface area contributed by atoms with Crippen molar-refractivity contribution in [2.24, 2.45) is 0 Å². The molecule has 0 spiro atoms. The van der Waals surface area contributed by atoms with Crippen molar-refractivity contribution in [2.75, 3.05) is 0 Å². The molecule has 0 aliphatic heterocycles. The van der Waals surface area contributed by atoms with Crippen molar-refractivity contribution in [3.05, 3.63) is 63.2 Å². The lowest BCUT2D eigenvalue weighted by atomic mass is 9.80. The van der Waals surface area contributed by atoms with Crippen molar-refractivity contribution in [1.29, 1.82) is 0 Å². The Hall–Kier alpha value is -2.46. The first-order valence-electron chi connectivity index (χ1n) is 6.62. The van der Waals surface area contributed by atoms with Crippen LogP contribution in [0.3, 0.4) is 0 Å². The Kier molecular flexibility index (Phi) is 2.92. The molecule has 4 nitrogen and oxygen atoms in total. The molecule has 0 bridgehead atoms. The summed E-state index contributed by atoms with van der Waals surface area (Å²) in [4.78, 5) is 25.2. The maximum atomic E-state index is 12.7.